The molecule has 1 saturated heterocycles. The SMILES string of the molecule is COC(=O)c1ccc2nc(CN3CCC(c4cccc5c4OC(C)(c4ccc(Cl)cc4F)O5)CC3)n(Cc3ncco3)c2n1. The molecule has 0 amide bonds. The molecule has 226 valence electrons. The number of pyridine rings is 1. The molecule has 0 spiro atoms. The molecule has 0 radical (unpaired) electrons. The van der Waals surface area contributed by atoms with Gasteiger partial charge in [-0.05, 0) is 68.2 Å². The number of ether oxygens (including phenoxy) is 3. The Morgan fingerprint density at radius 2 is 1.95 bits per heavy atom. The van der Waals surface area contributed by atoms with E-state index in [4.69, 9.17) is 35.2 Å². The van der Waals surface area contributed by atoms with Crippen LogP contribution in [0.5, 0.6) is 11.5 Å². The van der Waals surface area contributed by atoms with Crippen LogP contribution in [0.2, 0.25) is 5.02 Å². The lowest BCUT2D eigenvalue weighted by Gasteiger charge is -2.32. The topological polar surface area (TPSA) is 105 Å². The highest BCUT2D eigenvalue weighted by atomic mass is 35.5. The Hall–Kier alpha value is -4.48. The summed E-state index contributed by atoms with van der Waals surface area (Å²) in [5.74, 6) is 0.510. The largest absolute Gasteiger partial charge is 0.464 e. The van der Waals surface area contributed by atoms with E-state index in [1.165, 1.54) is 19.4 Å². The summed E-state index contributed by atoms with van der Waals surface area (Å²) in [5, 5.41) is 0.313. The predicted molar refractivity (Wildman–Crippen MR) is 158 cm³/mol. The van der Waals surface area contributed by atoms with Crippen LogP contribution in [0.3, 0.4) is 0 Å². The summed E-state index contributed by atoms with van der Waals surface area (Å²) in [6.07, 6.45) is 4.89. The van der Waals surface area contributed by atoms with E-state index in [9.17, 15) is 9.18 Å². The van der Waals surface area contributed by atoms with Gasteiger partial charge in [0.05, 0.1) is 25.4 Å². The first kappa shape index (κ1) is 28.3. The Balaban J connectivity index is 1.09. The van der Waals surface area contributed by atoms with Crippen LogP contribution in [-0.2, 0) is 23.6 Å². The Morgan fingerprint density at radius 1 is 1.11 bits per heavy atom. The van der Waals surface area contributed by atoms with Crippen LogP contribution >= 0.6 is 11.6 Å². The number of imidazole rings is 1. The van der Waals surface area contributed by atoms with Crippen molar-refractivity contribution in [1.29, 1.82) is 0 Å². The molecule has 1 unspecified atom stereocenters. The van der Waals surface area contributed by atoms with E-state index in [1.807, 2.05) is 16.7 Å². The van der Waals surface area contributed by atoms with Crippen molar-refractivity contribution in [3.05, 3.63) is 100 Å². The first-order valence-corrected chi connectivity index (χ1v) is 14.7. The van der Waals surface area contributed by atoms with Crippen molar-refractivity contribution >= 4 is 28.7 Å². The highest BCUT2D eigenvalue weighted by Crippen LogP contribution is 2.49. The van der Waals surface area contributed by atoms with Crippen LogP contribution in [0.15, 0.2) is 65.4 Å². The second kappa shape index (κ2) is 11.2. The number of piperidine rings is 1. The fourth-order valence-electron chi connectivity index (χ4n) is 6.06. The zero-order chi connectivity index (χ0) is 30.4. The maximum atomic E-state index is 14.8. The Kier molecular flexibility index (Phi) is 7.22. The molecule has 44 heavy (non-hydrogen) atoms. The predicted octanol–water partition coefficient (Wildman–Crippen LogP) is 6.07. The third-order valence-electron chi connectivity index (χ3n) is 8.27. The summed E-state index contributed by atoms with van der Waals surface area (Å²) in [5.41, 5.74) is 2.78. The van der Waals surface area contributed by atoms with Crippen molar-refractivity contribution < 1.29 is 27.8 Å². The van der Waals surface area contributed by atoms with Crippen LogP contribution < -0.4 is 9.47 Å². The molecule has 10 nitrogen and oxygen atoms in total. The number of hydrogen-bond donors (Lipinski definition) is 0. The molecule has 1 fully saturated rings. The van der Waals surface area contributed by atoms with Gasteiger partial charge in [-0.25, -0.2) is 24.1 Å². The van der Waals surface area contributed by atoms with Gasteiger partial charge in [0.1, 0.15) is 30.0 Å². The van der Waals surface area contributed by atoms with Gasteiger partial charge in [0.2, 0.25) is 5.89 Å². The van der Waals surface area contributed by atoms with Gasteiger partial charge in [-0.15, -0.1) is 0 Å². The normalized spacial score (nSPS) is 18.6. The van der Waals surface area contributed by atoms with E-state index in [2.05, 4.69) is 20.9 Å². The molecule has 5 aromatic rings. The molecule has 0 aliphatic carbocycles. The monoisotopic (exact) mass is 617 g/mol. The fourth-order valence-corrected chi connectivity index (χ4v) is 6.22. The lowest BCUT2D eigenvalue weighted by atomic mass is 9.88. The van der Waals surface area contributed by atoms with E-state index in [0.29, 0.717) is 52.2 Å². The van der Waals surface area contributed by atoms with E-state index in [1.54, 1.807) is 37.4 Å². The molecule has 0 bridgehead atoms. The van der Waals surface area contributed by atoms with Crippen LogP contribution in [-0.4, -0.2) is 50.6 Å². The molecule has 0 saturated carbocycles. The highest BCUT2D eigenvalue weighted by Gasteiger charge is 2.43. The third-order valence-corrected chi connectivity index (χ3v) is 8.50. The molecular weight excluding hydrogens is 589 g/mol. The molecule has 0 N–H and O–H groups in total. The molecule has 2 aliphatic heterocycles. The fraction of sp³-hybridized carbons (Fsp3) is 0.312. The molecule has 3 aromatic heterocycles. The quantitative estimate of drug-likeness (QED) is 0.201. The minimum Gasteiger partial charge on any atom is -0.464 e. The van der Waals surface area contributed by atoms with Crippen LogP contribution in [0.4, 0.5) is 4.39 Å². The number of halogens is 2. The Bertz CT molecular complexity index is 1850. The number of oxazole rings is 1. The van der Waals surface area contributed by atoms with Gasteiger partial charge in [0.25, 0.3) is 5.79 Å². The number of methoxy groups -OCH3 is 1. The van der Waals surface area contributed by atoms with Crippen LogP contribution in [0.1, 0.15) is 59.0 Å². The average molecular weight is 618 g/mol. The number of para-hydroxylation sites is 1. The van der Waals surface area contributed by atoms with E-state index in [0.717, 1.165) is 37.3 Å². The van der Waals surface area contributed by atoms with Gasteiger partial charge < -0.3 is 23.2 Å². The number of hydrogen-bond acceptors (Lipinski definition) is 9. The Morgan fingerprint density at radius 3 is 2.70 bits per heavy atom. The van der Waals surface area contributed by atoms with Crippen molar-refractivity contribution in [2.45, 2.75) is 44.6 Å². The highest BCUT2D eigenvalue weighted by molar-refractivity contribution is 6.30. The molecule has 5 heterocycles. The lowest BCUT2D eigenvalue weighted by molar-refractivity contribution is -0.0712. The second-order valence-electron chi connectivity index (χ2n) is 11.1. The average Bonchev–Trinajstić information content (AvgIpc) is 3.74. The molecular formula is C32H29ClFN5O5. The maximum Gasteiger partial charge on any atom is 0.356 e. The van der Waals surface area contributed by atoms with E-state index < -0.39 is 17.6 Å². The zero-order valence-corrected chi connectivity index (χ0v) is 24.9. The van der Waals surface area contributed by atoms with E-state index in [-0.39, 0.29) is 11.6 Å². The standard InChI is InChI=1S/C32H29ClFN5O5/c1-32(22-7-6-20(33)16-23(22)34)43-26-5-3-4-21(29(26)44-32)19-10-13-38(14-11-19)17-27-36-24-8-9-25(31(40)41-2)37-30(24)39(27)18-28-35-12-15-42-28/h3-9,12,15-16,19H,10-11,13-14,17-18H2,1-2H3. The van der Waals surface area contributed by atoms with Crippen molar-refractivity contribution in [1.82, 2.24) is 24.4 Å². The van der Waals surface area contributed by atoms with Gasteiger partial charge in [-0.2, -0.15) is 0 Å². The van der Waals surface area contributed by atoms with Gasteiger partial charge in [-0.3, -0.25) is 4.90 Å². The number of benzene rings is 2. The summed E-state index contributed by atoms with van der Waals surface area (Å²) in [6, 6.07) is 13.8. The third kappa shape index (κ3) is 5.16. The van der Waals surface area contributed by atoms with Gasteiger partial charge in [0, 0.05) is 17.5 Å². The van der Waals surface area contributed by atoms with Crippen molar-refractivity contribution in [2.24, 2.45) is 0 Å². The molecule has 1 atom stereocenters. The number of carbonyl (C=O) groups excluding carboxylic acids is 1. The first-order valence-electron chi connectivity index (χ1n) is 14.3. The lowest BCUT2D eigenvalue weighted by Crippen LogP contribution is -2.34. The maximum absolute atomic E-state index is 14.8. The van der Waals surface area contributed by atoms with Crippen LogP contribution in [0, 0.1) is 5.82 Å². The number of likely N-dealkylation sites (tertiary alicyclic amines) is 1. The Labute approximate surface area is 257 Å². The van der Waals surface area contributed by atoms with Gasteiger partial charge in [0.15, 0.2) is 22.8 Å². The zero-order valence-electron chi connectivity index (χ0n) is 24.1. The second-order valence-corrected chi connectivity index (χ2v) is 11.5. The summed E-state index contributed by atoms with van der Waals surface area (Å²) >= 11 is 5.97. The van der Waals surface area contributed by atoms with Crippen molar-refractivity contribution in [3.63, 3.8) is 0 Å². The van der Waals surface area contributed by atoms with Gasteiger partial charge >= 0.3 is 5.97 Å². The summed E-state index contributed by atoms with van der Waals surface area (Å²) < 4.78 is 39.7. The number of aromatic nitrogens is 4. The summed E-state index contributed by atoms with van der Waals surface area (Å²) in [4.78, 5) is 28.2. The van der Waals surface area contributed by atoms with Gasteiger partial charge in [-0.1, -0.05) is 23.7 Å². The number of nitrogens with zero attached hydrogens (tertiary/aromatic N) is 5. The number of carbonyl (C=O) groups is 1. The smallest absolute Gasteiger partial charge is 0.356 e. The van der Waals surface area contributed by atoms with E-state index >= 15 is 0 Å². The van der Waals surface area contributed by atoms with Crippen molar-refractivity contribution in [3.8, 4) is 11.5 Å². The van der Waals surface area contributed by atoms with Crippen LogP contribution in [0.25, 0.3) is 11.2 Å². The minimum absolute atomic E-state index is 0.206. The molecule has 2 aliphatic rings. The molecule has 2 aromatic carbocycles. The van der Waals surface area contributed by atoms with Crippen molar-refractivity contribution in [2.75, 3.05) is 20.2 Å². The number of esters is 1. The summed E-state index contributed by atoms with van der Waals surface area (Å²) in [6.45, 7) is 4.27. The summed E-state index contributed by atoms with van der Waals surface area (Å²) in [7, 11) is 1.33. The number of rotatable bonds is 7. The molecule has 7 rings (SSSR count). The molecule has 12 heteroatoms. The number of fused-ring (bicyclic) bond motifs is 2. The first-order chi connectivity index (χ1) is 21.3. The minimum atomic E-state index is -1.29.